The van der Waals surface area contributed by atoms with Gasteiger partial charge >= 0.3 is 0 Å². The van der Waals surface area contributed by atoms with Gasteiger partial charge < -0.3 is 15.2 Å². The van der Waals surface area contributed by atoms with Crippen LogP contribution in [0.5, 0.6) is 0 Å². The summed E-state index contributed by atoms with van der Waals surface area (Å²) in [5.41, 5.74) is 0.961. The van der Waals surface area contributed by atoms with Crippen LogP contribution in [-0.4, -0.2) is 24.2 Å². The van der Waals surface area contributed by atoms with Crippen LogP contribution in [0.15, 0.2) is 28.8 Å². The number of benzene rings is 1. The number of hydrogen-bond acceptors (Lipinski definition) is 4. The van der Waals surface area contributed by atoms with E-state index in [9.17, 15) is 4.79 Å². The molecule has 0 aliphatic rings. The number of rotatable bonds is 7. The van der Waals surface area contributed by atoms with Gasteiger partial charge in [-0.2, -0.15) is 0 Å². The van der Waals surface area contributed by atoms with Crippen molar-refractivity contribution >= 4 is 34.9 Å². The van der Waals surface area contributed by atoms with Gasteiger partial charge in [-0.3, -0.25) is 4.79 Å². The van der Waals surface area contributed by atoms with Crippen LogP contribution < -0.4 is 10.6 Å². The average Bonchev–Trinajstić information content (AvgIpc) is 2.87. The zero-order chi connectivity index (χ0) is 15.9. The molecule has 0 saturated heterocycles. The van der Waals surface area contributed by atoms with Gasteiger partial charge in [0.15, 0.2) is 5.82 Å². The SMILES string of the molecule is Cc1cc(NCCC(=O)NCCc2ccc(Cl)cc2Cl)no1. The van der Waals surface area contributed by atoms with E-state index in [1.165, 1.54) is 0 Å². The van der Waals surface area contributed by atoms with Gasteiger partial charge in [-0.05, 0) is 31.0 Å². The van der Waals surface area contributed by atoms with Crippen molar-refractivity contribution in [2.24, 2.45) is 0 Å². The third-order valence-corrected chi connectivity index (χ3v) is 3.60. The summed E-state index contributed by atoms with van der Waals surface area (Å²) in [6.07, 6.45) is 1.03. The third kappa shape index (κ3) is 5.24. The summed E-state index contributed by atoms with van der Waals surface area (Å²) in [7, 11) is 0. The van der Waals surface area contributed by atoms with Crippen molar-refractivity contribution in [3.8, 4) is 0 Å². The summed E-state index contributed by atoms with van der Waals surface area (Å²) in [6.45, 7) is 2.84. The summed E-state index contributed by atoms with van der Waals surface area (Å²) < 4.78 is 4.92. The highest BCUT2D eigenvalue weighted by Gasteiger charge is 2.05. The Labute approximate surface area is 139 Å². The lowest BCUT2D eigenvalue weighted by molar-refractivity contribution is -0.120. The van der Waals surface area contributed by atoms with Crippen molar-refractivity contribution in [1.82, 2.24) is 10.5 Å². The van der Waals surface area contributed by atoms with Crippen LogP contribution in [0.4, 0.5) is 5.82 Å². The lowest BCUT2D eigenvalue weighted by atomic mass is 10.1. The molecule has 0 unspecified atom stereocenters. The second-order valence-corrected chi connectivity index (χ2v) is 5.68. The normalized spacial score (nSPS) is 10.5. The minimum absolute atomic E-state index is 0.0298. The van der Waals surface area contributed by atoms with E-state index >= 15 is 0 Å². The molecular weight excluding hydrogens is 325 g/mol. The maximum Gasteiger partial charge on any atom is 0.221 e. The zero-order valence-corrected chi connectivity index (χ0v) is 13.7. The fourth-order valence-electron chi connectivity index (χ4n) is 1.90. The number of aromatic nitrogens is 1. The first-order valence-corrected chi connectivity index (χ1v) is 7.68. The molecule has 1 heterocycles. The third-order valence-electron chi connectivity index (χ3n) is 3.02. The molecule has 0 aliphatic carbocycles. The van der Waals surface area contributed by atoms with Crippen LogP contribution in [0, 0.1) is 6.92 Å². The standard InChI is InChI=1S/C15H17Cl2N3O2/c1-10-8-14(20-22-10)18-7-5-15(21)19-6-4-11-2-3-12(16)9-13(11)17/h2-3,8-9H,4-7H2,1H3,(H,18,20)(H,19,21). The van der Waals surface area contributed by atoms with E-state index in [0.29, 0.717) is 41.8 Å². The van der Waals surface area contributed by atoms with Gasteiger partial charge in [0, 0.05) is 35.6 Å². The van der Waals surface area contributed by atoms with E-state index in [4.69, 9.17) is 27.7 Å². The van der Waals surface area contributed by atoms with Crippen molar-refractivity contribution < 1.29 is 9.32 Å². The molecule has 0 fully saturated rings. The number of halogens is 2. The molecular formula is C15H17Cl2N3O2. The minimum atomic E-state index is -0.0298. The first-order valence-electron chi connectivity index (χ1n) is 6.92. The minimum Gasteiger partial charge on any atom is -0.367 e. The first-order chi connectivity index (χ1) is 10.5. The Kier molecular flexibility index (Phi) is 6.10. The van der Waals surface area contributed by atoms with E-state index in [1.54, 1.807) is 18.2 Å². The quantitative estimate of drug-likeness (QED) is 0.809. The number of nitrogens with zero attached hydrogens (tertiary/aromatic N) is 1. The Bertz CT molecular complexity index is 643. The van der Waals surface area contributed by atoms with Crippen molar-refractivity contribution in [2.75, 3.05) is 18.4 Å². The van der Waals surface area contributed by atoms with Crippen LogP contribution in [0.3, 0.4) is 0 Å². The highest BCUT2D eigenvalue weighted by atomic mass is 35.5. The lowest BCUT2D eigenvalue weighted by Gasteiger charge is -2.07. The summed E-state index contributed by atoms with van der Waals surface area (Å²) in [6, 6.07) is 7.13. The molecule has 0 aliphatic heterocycles. The molecule has 0 atom stereocenters. The van der Waals surface area contributed by atoms with Crippen LogP contribution in [0.2, 0.25) is 10.0 Å². The summed E-state index contributed by atoms with van der Waals surface area (Å²) in [5, 5.41) is 10.9. The van der Waals surface area contributed by atoms with E-state index in [1.807, 2.05) is 13.0 Å². The highest BCUT2D eigenvalue weighted by molar-refractivity contribution is 6.35. The molecule has 2 N–H and O–H groups in total. The lowest BCUT2D eigenvalue weighted by Crippen LogP contribution is -2.27. The highest BCUT2D eigenvalue weighted by Crippen LogP contribution is 2.21. The fourth-order valence-corrected chi connectivity index (χ4v) is 2.41. The molecule has 1 amide bonds. The van der Waals surface area contributed by atoms with Crippen molar-refractivity contribution in [3.05, 3.63) is 45.6 Å². The molecule has 22 heavy (non-hydrogen) atoms. The van der Waals surface area contributed by atoms with E-state index in [2.05, 4.69) is 15.8 Å². The molecule has 7 heteroatoms. The molecule has 118 valence electrons. The van der Waals surface area contributed by atoms with E-state index in [0.717, 1.165) is 11.3 Å². The zero-order valence-electron chi connectivity index (χ0n) is 12.2. The monoisotopic (exact) mass is 341 g/mol. The predicted molar refractivity (Wildman–Crippen MR) is 87.5 cm³/mol. The van der Waals surface area contributed by atoms with Gasteiger partial charge in [0.2, 0.25) is 5.91 Å². The molecule has 5 nitrogen and oxygen atoms in total. The van der Waals surface area contributed by atoms with Crippen LogP contribution >= 0.6 is 23.2 Å². The second kappa shape index (κ2) is 8.06. The van der Waals surface area contributed by atoms with Crippen molar-refractivity contribution in [3.63, 3.8) is 0 Å². The number of hydrogen-bond donors (Lipinski definition) is 2. The number of anilines is 1. The summed E-state index contributed by atoms with van der Waals surface area (Å²) >= 11 is 11.9. The Morgan fingerprint density at radius 1 is 1.27 bits per heavy atom. The predicted octanol–water partition coefficient (Wildman–Crippen LogP) is 3.45. The topological polar surface area (TPSA) is 67.2 Å². The smallest absolute Gasteiger partial charge is 0.221 e. The molecule has 1 aromatic heterocycles. The number of aryl methyl sites for hydroxylation is 1. The molecule has 0 saturated carbocycles. The van der Waals surface area contributed by atoms with E-state index < -0.39 is 0 Å². The molecule has 1 aromatic carbocycles. The molecule has 2 aromatic rings. The second-order valence-electron chi connectivity index (χ2n) is 4.84. The first kappa shape index (κ1) is 16.6. The number of nitrogens with one attached hydrogen (secondary N) is 2. The number of carbonyl (C=O) groups excluding carboxylic acids is 1. The summed E-state index contributed by atoms with van der Waals surface area (Å²) in [5.74, 6) is 1.34. The summed E-state index contributed by atoms with van der Waals surface area (Å²) in [4.78, 5) is 11.7. The van der Waals surface area contributed by atoms with Gasteiger partial charge in [-0.1, -0.05) is 34.4 Å². The van der Waals surface area contributed by atoms with Gasteiger partial charge in [0.1, 0.15) is 5.76 Å². The number of carbonyl (C=O) groups is 1. The molecule has 0 bridgehead atoms. The van der Waals surface area contributed by atoms with Gasteiger partial charge in [-0.15, -0.1) is 0 Å². The Hall–Kier alpha value is -1.72. The Balaban J connectivity index is 1.65. The van der Waals surface area contributed by atoms with Crippen LogP contribution in [-0.2, 0) is 11.2 Å². The Morgan fingerprint density at radius 3 is 2.77 bits per heavy atom. The van der Waals surface area contributed by atoms with Gasteiger partial charge in [0.25, 0.3) is 0 Å². The molecule has 2 rings (SSSR count). The average molecular weight is 342 g/mol. The van der Waals surface area contributed by atoms with Gasteiger partial charge in [-0.25, -0.2) is 0 Å². The molecule has 0 spiro atoms. The van der Waals surface area contributed by atoms with Crippen molar-refractivity contribution in [1.29, 1.82) is 0 Å². The Morgan fingerprint density at radius 2 is 2.09 bits per heavy atom. The van der Waals surface area contributed by atoms with Crippen LogP contribution in [0.25, 0.3) is 0 Å². The van der Waals surface area contributed by atoms with Gasteiger partial charge in [0.05, 0.1) is 0 Å². The van der Waals surface area contributed by atoms with E-state index in [-0.39, 0.29) is 5.91 Å². The number of amides is 1. The molecule has 0 radical (unpaired) electrons. The maximum absolute atomic E-state index is 11.7. The fraction of sp³-hybridized carbons (Fsp3) is 0.333. The van der Waals surface area contributed by atoms with Crippen LogP contribution in [0.1, 0.15) is 17.7 Å². The largest absolute Gasteiger partial charge is 0.367 e. The van der Waals surface area contributed by atoms with Crippen molar-refractivity contribution in [2.45, 2.75) is 19.8 Å². The maximum atomic E-state index is 11.7.